The minimum atomic E-state index is -0.942. The van der Waals surface area contributed by atoms with E-state index in [4.69, 9.17) is 6.57 Å². The van der Waals surface area contributed by atoms with Crippen LogP contribution in [0.15, 0.2) is 73.1 Å². The Bertz CT molecular complexity index is 872. The van der Waals surface area contributed by atoms with E-state index >= 15 is 0 Å². The van der Waals surface area contributed by atoms with E-state index in [-0.39, 0.29) is 0 Å². The molecule has 118 valence electrons. The van der Waals surface area contributed by atoms with Crippen LogP contribution in [0.1, 0.15) is 34.5 Å². The number of nitrogens with zero attached hydrogens (tertiary/aromatic N) is 2. The van der Waals surface area contributed by atoms with E-state index in [2.05, 4.69) is 9.83 Å². The van der Waals surface area contributed by atoms with Gasteiger partial charge in [-0.25, -0.2) is 4.85 Å². The first kappa shape index (κ1) is 15.9. The maximum Gasteiger partial charge on any atom is 0.187 e. The average molecular weight is 316 g/mol. The third-order valence-corrected chi connectivity index (χ3v) is 3.91. The molecule has 2 unspecified atom stereocenters. The summed E-state index contributed by atoms with van der Waals surface area (Å²) in [6, 6.07) is 17.8. The standard InChI is InChI=1S/C20H16N2O2/c1-21-16-9-5-8-15(12-16)20(24)17-10-11-22-13-18(17)19(23)14-6-3-2-4-7-14/h2-13,19-20,23-24H. The SMILES string of the molecule is [C-]#[N+]c1cccc(C(O)c2ccncc2C(O)c2ccccc2)c1. The Morgan fingerprint density at radius 3 is 2.29 bits per heavy atom. The zero-order valence-corrected chi connectivity index (χ0v) is 12.9. The number of aliphatic hydroxyl groups excluding tert-OH is 2. The van der Waals surface area contributed by atoms with Crippen molar-refractivity contribution in [2.45, 2.75) is 12.2 Å². The number of aliphatic hydroxyl groups is 2. The molecule has 0 amide bonds. The molecule has 4 nitrogen and oxygen atoms in total. The molecule has 0 saturated carbocycles. The largest absolute Gasteiger partial charge is 0.384 e. The van der Waals surface area contributed by atoms with Crippen molar-refractivity contribution < 1.29 is 10.2 Å². The molecule has 0 saturated heterocycles. The van der Waals surface area contributed by atoms with Crippen molar-refractivity contribution in [3.63, 3.8) is 0 Å². The molecular weight excluding hydrogens is 300 g/mol. The van der Waals surface area contributed by atoms with Gasteiger partial charge in [-0.05, 0) is 22.8 Å². The van der Waals surface area contributed by atoms with Gasteiger partial charge in [-0.15, -0.1) is 0 Å². The smallest absolute Gasteiger partial charge is 0.187 e. The third-order valence-electron chi connectivity index (χ3n) is 3.91. The maximum atomic E-state index is 10.7. The summed E-state index contributed by atoms with van der Waals surface area (Å²) in [5.74, 6) is 0. The van der Waals surface area contributed by atoms with Gasteiger partial charge < -0.3 is 10.2 Å². The summed E-state index contributed by atoms with van der Waals surface area (Å²) in [6.07, 6.45) is 1.32. The molecule has 0 aliphatic heterocycles. The molecular formula is C20H16N2O2. The number of pyridine rings is 1. The van der Waals surface area contributed by atoms with Gasteiger partial charge >= 0.3 is 0 Å². The van der Waals surface area contributed by atoms with E-state index in [1.165, 1.54) is 0 Å². The molecule has 3 rings (SSSR count). The highest BCUT2D eigenvalue weighted by Gasteiger charge is 2.20. The molecule has 2 aromatic carbocycles. The van der Waals surface area contributed by atoms with Crippen LogP contribution in [0, 0.1) is 6.57 Å². The molecule has 4 heteroatoms. The van der Waals surface area contributed by atoms with Crippen molar-refractivity contribution in [1.29, 1.82) is 0 Å². The highest BCUT2D eigenvalue weighted by molar-refractivity contribution is 5.49. The predicted molar refractivity (Wildman–Crippen MR) is 91.5 cm³/mol. The van der Waals surface area contributed by atoms with Crippen LogP contribution in [-0.2, 0) is 0 Å². The molecule has 0 fully saturated rings. The Labute approximate surface area is 140 Å². The van der Waals surface area contributed by atoms with Crippen LogP contribution in [0.4, 0.5) is 5.69 Å². The topological polar surface area (TPSA) is 57.7 Å². The van der Waals surface area contributed by atoms with Crippen LogP contribution in [0.5, 0.6) is 0 Å². The van der Waals surface area contributed by atoms with E-state index in [0.29, 0.717) is 22.4 Å². The minimum absolute atomic E-state index is 0.464. The van der Waals surface area contributed by atoms with Crippen molar-refractivity contribution in [3.8, 4) is 0 Å². The molecule has 24 heavy (non-hydrogen) atoms. The van der Waals surface area contributed by atoms with Gasteiger partial charge in [0.2, 0.25) is 0 Å². The molecule has 0 bridgehead atoms. The molecule has 2 N–H and O–H groups in total. The average Bonchev–Trinajstić information content (AvgIpc) is 2.67. The fraction of sp³-hybridized carbons (Fsp3) is 0.100. The molecule has 0 radical (unpaired) electrons. The molecule has 0 aliphatic rings. The van der Waals surface area contributed by atoms with E-state index < -0.39 is 12.2 Å². The van der Waals surface area contributed by atoms with Crippen molar-refractivity contribution in [1.82, 2.24) is 4.98 Å². The van der Waals surface area contributed by atoms with Gasteiger partial charge in [0.15, 0.2) is 5.69 Å². The van der Waals surface area contributed by atoms with E-state index in [9.17, 15) is 10.2 Å². The Kier molecular flexibility index (Phi) is 4.66. The zero-order valence-electron chi connectivity index (χ0n) is 12.9. The van der Waals surface area contributed by atoms with Crippen LogP contribution in [-0.4, -0.2) is 15.2 Å². The normalized spacial score (nSPS) is 13.0. The lowest BCUT2D eigenvalue weighted by Crippen LogP contribution is -2.09. The first-order chi connectivity index (χ1) is 11.7. The zero-order chi connectivity index (χ0) is 16.9. The van der Waals surface area contributed by atoms with Gasteiger partial charge in [0.25, 0.3) is 0 Å². The number of hydrogen-bond acceptors (Lipinski definition) is 3. The summed E-state index contributed by atoms with van der Waals surface area (Å²) in [5, 5.41) is 21.4. The second-order valence-corrected chi connectivity index (χ2v) is 5.43. The summed E-state index contributed by atoms with van der Waals surface area (Å²) < 4.78 is 0. The Morgan fingerprint density at radius 2 is 1.54 bits per heavy atom. The van der Waals surface area contributed by atoms with Gasteiger partial charge in [-0.3, -0.25) is 4.98 Å². The quantitative estimate of drug-likeness (QED) is 0.720. The van der Waals surface area contributed by atoms with E-state index in [1.807, 2.05) is 30.3 Å². The van der Waals surface area contributed by atoms with Gasteiger partial charge in [-0.2, -0.15) is 0 Å². The molecule has 0 spiro atoms. The number of benzene rings is 2. The first-order valence-corrected chi connectivity index (χ1v) is 7.53. The van der Waals surface area contributed by atoms with Gasteiger partial charge in [0, 0.05) is 18.0 Å². The maximum absolute atomic E-state index is 10.7. The predicted octanol–water partition coefficient (Wildman–Crippen LogP) is 3.80. The van der Waals surface area contributed by atoms with Crippen LogP contribution in [0.25, 0.3) is 4.85 Å². The van der Waals surface area contributed by atoms with Crippen molar-refractivity contribution >= 4 is 5.69 Å². The Morgan fingerprint density at radius 1 is 0.833 bits per heavy atom. The van der Waals surface area contributed by atoms with E-state index in [0.717, 1.165) is 5.56 Å². The van der Waals surface area contributed by atoms with E-state index in [1.54, 1.807) is 42.7 Å². The van der Waals surface area contributed by atoms with Crippen LogP contribution in [0.3, 0.4) is 0 Å². The van der Waals surface area contributed by atoms with Crippen molar-refractivity contribution in [3.05, 3.63) is 107 Å². The minimum Gasteiger partial charge on any atom is -0.384 e. The van der Waals surface area contributed by atoms with Crippen molar-refractivity contribution in [2.24, 2.45) is 0 Å². The van der Waals surface area contributed by atoms with Crippen molar-refractivity contribution in [2.75, 3.05) is 0 Å². The van der Waals surface area contributed by atoms with Crippen LogP contribution >= 0.6 is 0 Å². The third kappa shape index (κ3) is 3.18. The monoisotopic (exact) mass is 316 g/mol. The summed E-state index contributed by atoms with van der Waals surface area (Å²) in [4.78, 5) is 7.47. The van der Waals surface area contributed by atoms with Gasteiger partial charge in [-0.1, -0.05) is 54.6 Å². The van der Waals surface area contributed by atoms with Gasteiger partial charge in [0.1, 0.15) is 12.2 Å². The summed E-state index contributed by atoms with van der Waals surface area (Å²) in [6.45, 7) is 7.10. The Balaban J connectivity index is 2.01. The van der Waals surface area contributed by atoms with Crippen LogP contribution in [0.2, 0.25) is 0 Å². The summed E-state index contributed by atoms with van der Waals surface area (Å²) >= 11 is 0. The molecule has 3 aromatic rings. The summed E-state index contributed by atoms with van der Waals surface area (Å²) in [5.41, 5.74) is 2.92. The van der Waals surface area contributed by atoms with Gasteiger partial charge in [0.05, 0.1) is 6.57 Å². The lowest BCUT2D eigenvalue weighted by Gasteiger charge is -2.19. The highest BCUT2D eigenvalue weighted by Crippen LogP contribution is 2.32. The molecule has 1 aromatic heterocycles. The lowest BCUT2D eigenvalue weighted by molar-refractivity contribution is 0.196. The second-order valence-electron chi connectivity index (χ2n) is 5.43. The fourth-order valence-electron chi connectivity index (χ4n) is 2.65. The number of aromatic nitrogens is 1. The second kappa shape index (κ2) is 7.05. The fourth-order valence-corrected chi connectivity index (χ4v) is 2.65. The number of rotatable bonds is 4. The first-order valence-electron chi connectivity index (χ1n) is 7.53. The molecule has 0 aliphatic carbocycles. The summed E-state index contributed by atoms with van der Waals surface area (Å²) in [7, 11) is 0. The van der Waals surface area contributed by atoms with Crippen LogP contribution < -0.4 is 0 Å². The molecule has 2 atom stereocenters. The lowest BCUT2D eigenvalue weighted by atomic mass is 9.93. The molecule has 1 heterocycles. The highest BCUT2D eigenvalue weighted by atomic mass is 16.3. The Hall–Kier alpha value is -3.00. The number of hydrogen-bond donors (Lipinski definition) is 2.